The summed E-state index contributed by atoms with van der Waals surface area (Å²) in [6.45, 7) is 5.46. The Balaban J connectivity index is 1.73. The summed E-state index contributed by atoms with van der Waals surface area (Å²) in [6.07, 6.45) is -0.0972. The molecule has 2 aliphatic rings. The highest BCUT2D eigenvalue weighted by Gasteiger charge is 2.54. The molecule has 2 aliphatic heterocycles. The Hall–Kier alpha value is -2.77. The summed E-state index contributed by atoms with van der Waals surface area (Å²) in [7, 11) is 0. The SMILES string of the molecule is CC(C)(C)OC(=O)N1C2CCC1C(C(=O)O)N(C(=O)OCc1ccccc1)C2. The van der Waals surface area contributed by atoms with Gasteiger partial charge in [0.15, 0.2) is 6.04 Å². The average molecular weight is 390 g/mol. The number of aliphatic carboxylic acids is 1. The minimum Gasteiger partial charge on any atom is -0.480 e. The number of amides is 2. The Morgan fingerprint density at radius 1 is 1.11 bits per heavy atom. The van der Waals surface area contributed by atoms with Gasteiger partial charge >= 0.3 is 18.2 Å². The van der Waals surface area contributed by atoms with Gasteiger partial charge in [0, 0.05) is 6.54 Å². The molecule has 2 amide bonds. The zero-order valence-corrected chi connectivity index (χ0v) is 16.3. The lowest BCUT2D eigenvalue weighted by molar-refractivity contribution is -0.147. The van der Waals surface area contributed by atoms with Gasteiger partial charge in [0.25, 0.3) is 0 Å². The van der Waals surface area contributed by atoms with Crippen LogP contribution in [-0.2, 0) is 20.9 Å². The molecule has 28 heavy (non-hydrogen) atoms. The number of hydrogen-bond donors (Lipinski definition) is 1. The maximum absolute atomic E-state index is 12.6. The van der Waals surface area contributed by atoms with Gasteiger partial charge in [-0.1, -0.05) is 30.3 Å². The van der Waals surface area contributed by atoms with E-state index in [0.717, 1.165) is 5.56 Å². The van der Waals surface area contributed by atoms with E-state index in [2.05, 4.69) is 0 Å². The number of rotatable bonds is 3. The van der Waals surface area contributed by atoms with Gasteiger partial charge in [0.2, 0.25) is 0 Å². The van der Waals surface area contributed by atoms with Crippen LogP contribution < -0.4 is 0 Å². The van der Waals surface area contributed by atoms with E-state index >= 15 is 0 Å². The maximum atomic E-state index is 12.6. The number of carbonyl (C=O) groups is 3. The second-order valence-corrected chi connectivity index (χ2v) is 8.16. The smallest absolute Gasteiger partial charge is 0.410 e. The Morgan fingerprint density at radius 3 is 2.39 bits per heavy atom. The van der Waals surface area contributed by atoms with E-state index in [1.807, 2.05) is 30.3 Å². The maximum Gasteiger partial charge on any atom is 0.410 e. The molecule has 3 unspecified atom stereocenters. The van der Waals surface area contributed by atoms with Crippen LogP contribution in [0, 0.1) is 0 Å². The summed E-state index contributed by atoms with van der Waals surface area (Å²) in [6, 6.07) is 7.12. The molecule has 1 aromatic carbocycles. The second-order valence-electron chi connectivity index (χ2n) is 8.16. The van der Waals surface area contributed by atoms with Crippen LogP contribution in [0.3, 0.4) is 0 Å². The number of hydrogen-bond acceptors (Lipinski definition) is 5. The molecule has 0 aromatic heterocycles. The predicted octanol–water partition coefficient (Wildman–Crippen LogP) is 2.86. The summed E-state index contributed by atoms with van der Waals surface area (Å²) in [5, 5.41) is 9.77. The van der Waals surface area contributed by atoms with Gasteiger partial charge in [-0.25, -0.2) is 14.4 Å². The summed E-state index contributed by atoms with van der Waals surface area (Å²) in [5.74, 6) is -1.16. The van der Waals surface area contributed by atoms with Crippen molar-refractivity contribution in [2.45, 2.75) is 63.9 Å². The summed E-state index contributed by atoms with van der Waals surface area (Å²) >= 11 is 0. The summed E-state index contributed by atoms with van der Waals surface area (Å²) < 4.78 is 10.8. The zero-order chi connectivity index (χ0) is 20.5. The van der Waals surface area contributed by atoms with Gasteiger partial charge in [-0.3, -0.25) is 9.80 Å². The molecule has 2 bridgehead atoms. The molecular formula is C20H26N2O6. The van der Waals surface area contributed by atoms with Crippen LogP contribution in [-0.4, -0.2) is 63.3 Å². The molecule has 3 atom stereocenters. The fraction of sp³-hybridized carbons (Fsp3) is 0.550. The first-order valence-corrected chi connectivity index (χ1v) is 9.39. The summed E-state index contributed by atoms with van der Waals surface area (Å²) in [5.41, 5.74) is 0.138. The first kappa shape index (κ1) is 20.0. The van der Waals surface area contributed by atoms with Crippen LogP contribution in [0.5, 0.6) is 0 Å². The van der Waals surface area contributed by atoms with Gasteiger partial charge in [0.05, 0.1) is 12.1 Å². The molecular weight excluding hydrogens is 364 g/mol. The number of carboxylic acids is 1. The number of carbonyl (C=O) groups excluding carboxylic acids is 2. The van der Waals surface area contributed by atoms with Crippen molar-refractivity contribution in [3.8, 4) is 0 Å². The van der Waals surface area contributed by atoms with Gasteiger partial charge in [0.1, 0.15) is 12.2 Å². The Kier molecular flexibility index (Phi) is 5.49. The molecule has 1 aromatic rings. The number of carboxylic acid groups (broad SMARTS) is 1. The molecule has 1 N–H and O–H groups in total. The lowest BCUT2D eigenvalue weighted by Gasteiger charge is -2.44. The van der Waals surface area contributed by atoms with E-state index in [0.29, 0.717) is 12.8 Å². The van der Waals surface area contributed by atoms with Gasteiger partial charge < -0.3 is 14.6 Å². The molecule has 2 saturated heterocycles. The van der Waals surface area contributed by atoms with Crippen molar-refractivity contribution in [1.29, 1.82) is 0 Å². The molecule has 0 aliphatic carbocycles. The molecule has 8 heteroatoms. The number of nitrogens with zero attached hydrogens (tertiary/aromatic N) is 2. The highest BCUT2D eigenvalue weighted by atomic mass is 16.6. The highest BCUT2D eigenvalue weighted by Crippen LogP contribution is 2.36. The first-order chi connectivity index (χ1) is 13.2. The molecule has 3 rings (SSSR count). The fourth-order valence-corrected chi connectivity index (χ4v) is 3.84. The van der Waals surface area contributed by atoms with E-state index < -0.39 is 35.8 Å². The van der Waals surface area contributed by atoms with E-state index in [9.17, 15) is 19.5 Å². The van der Waals surface area contributed by atoms with E-state index in [1.54, 1.807) is 20.8 Å². The number of fused-ring (bicyclic) bond motifs is 2. The molecule has 2 heterocycles. The summed E-state index contributed by atoms with van der Waals surface area (Å²) in [4.78, 5) is 39.9. The number of likely N-dealkylation sites (tertiary alicyclic amines) is 1. The van der Waals surface area contributed by atoms with Crippen molar-refractivity contribution in [2.24, 2.45) is 0 Å². The highest BCUT2D eigenvalue weighted by molar-refractivity contribution is 5.83. The van der Waals surface area contributed by atoms with Gasteiger partial charge in [-0.2, -0.15) is 0 Å². The average Bonchev–Trinajstić information content (AvgIpc) is 2.92. The third-order valence-electron chi connectivity index (χ3n) is 4.95. The van der Waals surface area contributed by atoms with Crippen LogP contribution in [0.2, 0.25) is 0 Å². The lowest BCUT2D eigenvalue weighted by Crippen LogP contribution is -2.65. The van der Waals surface area contributed by atoms with Crippen molar-refractivity contribution in [3.05, 3.63) is 35.9 Å². The van der Waals surface area contributed by atoms with Crippen LogP contribution in [0.1, 0.15) is 39.2 Å². The quantitative estimate of drug-likeness (QED) is 0.853. The molecule has 0 spiro atoms. The van der Waals surface area contributed by atoms with Gasteiger partial charge in [-0.05, 0) is 39.2 Å². The van der Waals surface area contributed by atoms with E-state index in [-0.39, 0.29) is 19.2 Å². The minimum absolute atomic E-state index is 0.0631. The normalized spacial score (nSPS) is 24.0. The minimum atomic E-state index is -1.16. The van der Waals surface area contributed by atoms with Crippen molar-refractivity contribution < 1.29 is 29.0 Å². The van der Waals surface area contributed by atoms with Crippen molar-refractivity contribution in [3.63, 3.8) is 0 Å². The number of ether oxygens (including phenoxy) is 2. The first-order valence-electron chi connectivity index (χ1n) is 9.39. The third kappa shape index (κ3) is 4.21. The lowest BCUT2D eigenvalue weighted by atomic mass is 10.0. The largest absolute Gasteiger partial charge is 0.480 e. The molecule has 8 nitrogen and oxygen atoms in total. The number of piperazine rings is 1. The third-order valence-corrected chi connectivity index (χ3v) is 4.95. The Morgan fingerprint density at radius 2 is 1.79 bits per heavy atom. The second kappa shape index (κ2) is 7.69. The fourth-order valence-electron chi connectivity index (χ4n) is 3.84. The van der Waals surface area contributed by atoms with Crippen molar-refractivity contribution in [2.75, 3.05) is 6.54 Å². The zero-order valence-electron chi connectivity index (χ0n) is 16.3. The molecule has 152 valence electrons. The number of benzene rings is 1. The monoisotopic (exact) mass is 390 g/mol. The standard InChI is InChI=1S/C20H26N2O6/c1-20(2,3)28-19(26)22-14-9-10-15(22)16(17(23)24)21(11-14)18(25)27-12-13-7-5-4-6-8-13/h4-8,14-16H,9-12H2,1-3H3,(H,23,24). The Bertz CT molecular complexity index is 745. The molecule has 0 radical (unpaired) electrons. The van der Waals surface area contributed by atoms with Crippen LogP contribution in [0.25, 0.3) is 0 Å². The van der Waals surface area contributed by atoms with Gasteiger partial charge in [-0.15, -0.1) is 0 Å². The topological polar surface area (TPSA) is 96.4 Å². The molecule has 0 saturated carbocycles. The van der Waals surface area contributed by atoms with E-state index in [4.69, 9.17) is 9.47 Å². The van der Waals surface area contributed by atoms with Crippen LogP contribution in [0.4, 0.5) is 9.59 Å². The van der Waals surface area contributed by atoms with Crippen LogP contribution >= 0.6 is 0 Å². The van der Waals surface area contributed by atoms with Crippen LogP contribution in [0.15, 0.2) is 30.3 Å². The van der Waals surface area contributed by atoms with E-state index in [1.165, 1.54) is 9.80 Å². The predicted molar refractivity (Wildman–Crippen MR) is 99.6 cm³/mol. The molecule has 2 fully saturated rings. The Labute approximate surface area is 164 Å². The van der Waals surface area contributed by atoms with Crippen molar-refractivity contribution >= 4 is 18.2 Å². The van der Waals surface area contributed by atoms with Crippen molar-refractivity contribution in [1.82, 2.24) is 9.80 Å².